The maximum Gasteiger partial charge on any atom is 0.313 e. The lowest BCUT2D eigenvalue weighted by Gasteiger charge is -2.30. The number of nitrogens with zero attached hydrogens (tertiary/aromatic N) is 2. The molecule has 0 N–H and O–H groups in total. The summed E-state index contributed by atoms with van der Waals surface area (Å²) in [6.07, 6.45) is 5.58. The van der Waals surface area contributed by atoms with E-state index in [1.807, 2.05) is 18.7 Å². The minimum Gasteiger partial charge on any atom is -0.469 e. The predicted octanol–water partition coefficient (Wildman–Crippen LogP) is 1.66. The molecule has 1 amide bonds. The second kappa shape index (κ2) is 6.77. The molecule has 0 saturated carbocycles. The van der Waals surface area contributed by atoms with E-state index >= 15 is 0 Å². The summed E-state index contributed by atoms with van der Waals surface area (Å²) in [5, 5.41) is 0. The second-order valence-electron chi connectivity index (χ2n) is 6.69. The van der Waals surface area contributed by atoms with Crippen molar-refractivity contribution in [2.45, 2.75) is 52.0 Å². The Bertz CT molecular complexity index is 391. The van der Waals surface area contributed by atoms with Crippen LogP contribution in [0.15, 0.2) is 0 Å². The van der Waals surface area contributed by atoms with Crippen LogP contribution in [0, 0.1) is 5.41 Å². The van der Waals surface area contributed by atoms with Gasteiger partial charge in [-0.1, -0.05) is 12.8 Å². The third-order valence-electron chi connectivity index (χ3n) is 5.01. The van der Waals surface area contributed by atoms with Gasteiger partial charge in [0, 0.05) is 13.1 Å². The first-order chi connectivity index (χ1) is 9.98. The molecular formula is C16H28N2O3. The lowest BCUT2D eigenvalue weighted by atomic mass is 9.90. The third kappa shape index (κ3) is 3.57. The van der Waals surface area contributed by atoms with Crippen LogP contribution in [-0.2, 0) is 14.3 Å². The first-order valence-corrected chi connectivity index (χ1v) is 8.09. The van der Waals surface area contributed by atoms with Crippen LogP contribution >= 0.6 is 0 Å². The lowest BCUT2D eigenvalue weighted by Crippen LogP contribution is -2.47. The van der Waals surface area contributed by atoms with Gasteiger partial charge in [0.15, 0.2) is 0 Å². The Morgan fingerprint density at radius 2 is 1.71 bits per heavy atom. The predicted molar refractivity (Wildman–Crippen MR) is 80.8 cm³/mol. The van der Waals surface area contributed by atoms with E-state index in [2.05, 4.69) is 4.90 Å². The molecule has 0 bridgehead atoms. The van der Waals surface area contributed by atoms with Gasteiger partial charge in [0.2, 0.25) is 5.91 Å². The van der Waals surface area contributed by atoms with E-state index in [-0.39, 0.29) is 17.9 Å². The maximum absolute atomic E-state index is 12.7. The largest absolute Gasteiger partial charge is 0.469 e. The van der Waals surface area contributed by atoms with Crippen molar-refractivity contribution >= 4 is 11.9 Å². The molecule has 5 nitrogen and oxygen atoms in total. The van der Waals surface area contributed by atoms with Gasteiger partial charge in [-0.25, -0.2) is 0 Å². The van der Waals surface area contributed by atoms with Gasteiger partial charge in [-0.3, -0.25) is 14.5 Å². The van der Waals surface area contributed by atoms with Crippen LogP contribution in [0.1, 0.15) is 46.0 Å². The van der Waals surface area contributed by atoms with Gasteiger partial charge in [0.05, 0.1) is 18.6 Å². The van der Waals surface area contributed by atoms with Gasteiger partial charge < -0.3 is 9.64 Å². The summed E-state index contributed by atoms with van der Waals surface area (Å²) < 4.78 is 4.87. The fourth-order valence-corrected chi connectivity index (χ4v) is 3.47. The standard InChI is InChI=1S/C16H28N2O3/c1-13(17-9-6-4-5-7-10-17)14(19)18-11-8-16(2,12-18)15(20)21-3/h13H,4-12H2,1-3H3. The van der Waals surface area contributed by atoms with Crippen LogP contribution in [-0.4, -0.2) is 61.0 Å². The topological polar surface area (TPSA) is 49.9 Å². The van der Waals surface area contributed by atoms with E-state index in [9.17, 15) is 9.59 Å². The molecule has 0 spiro atoms. The minimum absolute atomic E-state index is 0.0805. The minimum atomic E-state index is -0.539. The molecule has 0 aromatic carbocycles. The number of hydrogen-bond donors (Lipinski definition) is 0. The Hall–Kier alpha value is -1.10. The number of likely N-dealkylation sites (tertiary alicyclic amines) is 2. The monoisotopic (exact) mass is 296 g/mol. The van der Waals surface area contributed by atoms with E-state index in [1.54, 1.807) is 0 Å². The number of amides is 1. The second-order valence-corrected chi connectivity index (χ2v) is 6.69. The summed E-state index contributed by atoms with van der Waals surface area (Å²) in [7, 11) is 1.41. The van der Waals surface area contributed by atoms with Crippen LogP contribution in [0.5, 0.6) is 0 Å². The van der Waals surface area contributed by atoms with Gasteiger partial charge >= 0.3 is 5.97 Å². The molecule has 2 rings (SSSR count). The Morgan fingerprint density at radius 1 is 1.10 bits per heavy atom. The highest BCUT2D eigenvalue weighted by Crippen LogP contribution is 2.32. The smallest absolute Gasteiger partial charge is 0.313 e. The van der Waals surface area contributed by atoms with Crippen LogP contribution in [0.4, 0.5) is 0 Å². The van der Waals surface area contributed by atoms with E-state index in [1.165, 1.54) is 32.8 Å². The number of methoxy groups -OCH3 is 1. The van der Waals surface area contributed by atoms with Gasteiger partial charge in [0.25, 0.3) is 0 Å². The van der Waals surface area contributed by atoms with Gasteiger partial charge in [-0.15, -0.1) is 0 Å². The summed E-state index contributed by atoms with van der Waals surface area (Å²) in [6.45, 7) is 7.05. The Morgan fingerprint density at radius 3 is 2.29 bits per heavy atom. The van der Waals surface area contributed by atoms with Crippen molar-refractivity contribution < 1.29 is 14.3 Å². The number of hydrogen-bond acceptors (Lipinski definition) is 4. The highest BCUT2D eigenvalue weighted by atomic mass is 16.5. The molecule has 2 heterocycles. The summed E-state index contributed by atoms with van der Waals surface area (Å²) in [4.78, 5) is 28.7. The molecule has 0 radical (unpaired) electrons. The molecule has 120 valence electrons. The van der Waals surface area contributed by atoms with Crippen molar-refractivity contribution in [3.63, 3.8) is 0 Å². The molecule has 0 aromatic rings. The molecule has 2 atom stereocenters. The molecule has 2 fully saturated rings. The molecular weight excluding hydrogens is 268 g/mol. The first-order valence-electron chi connectivity index (χ1n) is 8.09. The molecule has 0 aliphatic carbocycles. The van der Waals surface area contributed by atoms with Crippen molar-refractivity contribution in [3.05, 3.63) is 0 Å². The molecule has 2 aliphatic rings. The zero-order valence-electron chi connectivity index (χ0n) is 13.6. The summed E-state index contributed by atoms with van der Waals surface area (Å²) in [6, 6.07) is -0.0805. The lowest BCUT2D eigenvalue weighted by molar-refractivity contribution is -0.151. The highest BCUT2D eigenvalue weighted by Gasteiger charge is 2.44. The molecule has 2 saturated heterocycles. The number of ether oxygens (including phenoxy) is 1. The van der Waals surface area contributed by atoms with E-state index in [4.69, 9.17) is 4.74 Å². The molecule has 5 heteroatoms. The summed E-state index contributed by atoms with van der Waals surface area (Å²) in [5.74, 6) is -0.0512. The van der Waals surface area contributed by atoms with Gasteiger partial charge in [-0.05, 0) is 46.2 Å². The molecule has 2 aliphatic heterocycles. The fourth-order valence-electron chi connectivity index (χ4n) is 3.47. The van der Waals surface area contributed by atoms with E-state index < -0.39 is 5.41 Å². The van der Waals surface area contributed by atoms with Crippen LogP contribution in [0.3, 0.4) is 0 Å². The van der Waals surface area contributed by atoms with Crippen molar-refractivity contribution in [3.8, 4) is 0 Å². The Labute approximate surface area is 127 Å². The number of rotatable bonds is 3. The van der Waals surface area contributed by atoms with Crippen LogP contribution < -0.4 is 0 Å². The average molecular weight is 296 g/mol. The zero-order valence-corrected chi connectivity index (χ0v) is 13.6. The average Bonchev–Trinajstić information content (AvgIpc) is 2.72. The quantitative estimate of drug-likeness (QED) is 0.743. The van der Waals surface area contributed by atoms with Gasteiger partial charge in [0.1, 0.15) is 0 Å². The number of carbonyl (C=O) groups is 2. The third-order valence-corrected chi connectivity index (χ3v) is 5.01. The summed E-state index contributed by atoms with van der Waals surface area (Å²) in [5.41, 5.74) is -0.539. The van der Waals surface area contributed by atoms with Crippen LogP contribution in [0.25, 0.3) is 0 Å². The maximum atomic E-state index is 12.7. The van der Waals surface area contributed by atoms with Crippen molar-refractivity contribution in [2.24, 2.45) is 5.41 Å². The van der Waals surface area contributed by atoms with E-state index in [0.717, 1.165) is 13.1 Å². The Balaban J connectivity index is 1.95. The van der Waals surface area contributed by atoms with Crippen molar-refractivity contribution in [1.82, 2.24) is 9.80 Å². The first kappa shape index (κ1) is 16.3. The molecule has 0 aromatic heterocycles. The van der Waals surface area contributed by atoms with Crippen molar-refractivity contribution in [1.29, 1.82) is 0 Å². The van der Waals surface area contributed by atoms with E-state index in [0.29, 0.717) is 19.5 Å². The Kier molecular flexibility index (Phi) is 5.25. The van der Waals surface area contributed by atoms with Crippen LogP contribution in [0.2, 0.25) is 0 Å². The normalized spacial score (nSPS) is 29.0. The SMILES string of the molecule is COC(=O)C1(C)CCN(C(=O)C(C)N2CCCCCC2)C1. The summed E-state index contributed by atoms with van der Waals surface area (Å²) >= 11 is 0. The fraction of sp³-hybridized carbons (Fsp3) is 0.875. The molecule has 2 unspecified atom stereocenters. The zero-order chi connectivity index (χ0) is 15.5. The molecule has 21 heavy (non-hydrogen) atoms. The van der Waals surface area contributed by atoms with Gasteiger partial charge in [-0.2, -0.15) is 0 Å². The highest BCUT2D eigenvalue weighted by molar-refractivity contribution is 5.84. The number of esters is 1. The van der Waals surface area contributed by atoms with Crippen molar-refractivity contribution in [2.75, 3.05) is 33.3 Å². The number of carbonyl (C=O) groups excluding carboxylic acids is 2.